The Morgan fingerprint density at radius 1 is 0.971 bits per heavy atom. The quantitative estimate of drug-likeness (QED) is 0.500. The first-order chi connectivity index (χ1) is 16.4. The van der Waals surface area contributed by atoms with Gasteiger partial charge in [-0.1, -0.05) is 48.5 Å². The number of rotatable bonds is 7. The number of hydrogen-bond donors (Lipinski definition) is 1. The first kappa shape index (κ1) is 23.3. The highest BCUT2D eigenvalue weighted by molar-refractivity contribution is 5.78. The van der Waals surface area contributed by atoms with Gasteiger partial charge < -0.3 is 19.4 Å². The average molecular weight is 462 g/mol. The number of hydroxylamine groups is 2. The van der Waals surface area contributed by atoms with E-state index in [-0.39, 0.29) is 13.0 Å². The molecule has 1 N–H and O–H groups in total. The van der Waals surface area contributed by atoms with E-state index >= 15 is 0 Å². The number of carboxylic acids is 1. The van der Waals surface area contributed by atoms with Crippen molar-refractivity contribution in [1.29, 1.82) is 0 Å². The predicted molar refractivity (Wildman–Crippen MR) is 126 cm³/mol. The number of ether oxygens (including phenoxy) is 2. The van der Waals surface area contributed by atoms with Crippen LogP contribution in [-0.4, -0.2) is 35.9 Å². The van der Waals surface area contributed by atoms with Gasteiger partial charge in [0.1, 0.15) is 12.4 Å². The number of carboxylic acid groups (broad SMARTS) is 1. The van der Waals surface area contributed by atoms with Crippen molar-refractivity contribution in [2.45, 2.75) is 32.9 Å². The number of methoxy groups -OCH3 is 1. The summed E-state index contributed by atoms with van der Waals surface area (Å²) in [6.45, 7) is 3.14. The van der Waals surface area contributed by atoms with Gasteiger partial charge in [0.15, 0.2) is 0 Å². The molecule has 0 aromatic heterocycles. The number of aryl methyl sites for hydroxylation is 1. The lowest BCUT2D eigenvalue weighted by Gasteiger charge is -2.30. The van der Waals surface area contributed by atoms with Crippen LogP contribution in [0.25, 0.3) is 11.1 Å². The van der Waals surface area contributed by atoms with E-state index in [9.17, 15) is 14.7 Å². The van der Waals surface area contributed by atoms with Crippen LogP contribution < -0.4 is 4.74 Å². The molecule has 0 saturated heterocycles. The smallest absolute Gasteiger partial charge is 0.496 e. The van der Waals surface area contributed by atoms with Crippen molar-refractivity contribution in [1.82, 2.24) is 5.06 Å². The van der Waals surface area contributed by atoms with E-state index in [4.69, 9.17) is 14.3 Å². The SMILES string of the molecule is COc1ccc(CC(=O)O)cc1-c1ccc(C)c2c1CN(OC(=O)OCc1ccccc1)CC2. The van der Waals surface area contributed by atoms with Crippen molar-refractivity contribution in [2.75, 3.05) is 13.7 Å². The monoisotopic (exact) mass is 461 g/mol. The fraction of sp³-hybridized carbons (Fsp3) is 0.259. The minimum absolute atomic E-state index is 0.0759. The fourth-order valence-corrected chi connectivity index (χ4v) is 4.26. The van der Waals surface area contributed by atoms with Crippen LogP contribution in [0.3, 0.4) is 0 Å². The number of nitrogens with zero attached hydrogens (tertiary/aromatic N) is 1. The number of carbonyl (C=O) groups is 2. The van der Waals surface area contributed by atoms with Crippen molar-refractivity contribution >= 4 is 12.1 Å². The van der Waals surface area contributed by atoms with E-state index in [1.54, 1.807) is 24.3 Å². The van der Waals surface area contributed by atoms with Gasteiger partial charge in [0.25, 0.3) is 0 Å². The minimum Gasteiger partial charge on any atom is -0.496 e. The van der Waals surface area contributed by atoms with Crippen LogP contribution >= 0.6 is 0 Å². The molecule has 0 unspecified atom stereocenters. The molecule has 3 aromatic carbocycles. The Hall–Kier alpha value is -3.84. The normalized spacial score (nSPS) is 13.1. The van der Waals surface area contributed by atoms with Gasteiger partial charge >= 0.3 is 12.1 Å². The van der Waals surface area contributed by atoms with Gasteiger partial charge in [-0.25, -0.2) is 4.79 Å². The second-order valence-electron chi connectivity index (χ2n) is 8.22. The molecule has 0 atom stereocenters. The minimum atomic E-state index is -0.893. The first-order valence-corrected chi connectivity index (χ1v) is 11.1. The van der Waals surface area contributed by atoms with Gasteiger partial charge in [-0.3, -0.25) is 4.79 Å². The van der Waals surface area contributed by atoms with Crippen LogP contribution in [0.1, 0.15) is 27.8 Å². The number of hydrogen-bond acceptors (Lipinski definition) is 6. The third kappa shape index (κ3) is 5.38. The lowest BCUT2D eigenvalue weighted by atomic mass is 9.88. The van der Waals surface area contributed by atoms with Gasteiger partial charge in [0.05, 0.1) is 20.1 Å². The number of fused-ring (bicyclic) bond motifs is 1. The first-order valence-electron chi connectivity index (χ1n) is 11.1. The molecule has 7 heteroatoms. The predicted octanol–water partition coefficient (Wildman–Crippen LogP) is 4.92. The third-order valence-electron chi connectivity index (χ3n) is 5.92. The third-order valence-corrected chi connectivity index (χ3v) is 5.92. The largest absolute Gasteiger partial charge is 0.528 e. The zero-order valence-electron chi connectivity index (χ0n) is 19.2. The Labute approximate surface area is 198 Å². The van der Waals surface area contributed by atoms with E-state index in [1.807, 2.05) is 42.5 Å². The maximum atomic E-state index is 12.3. The summed E-state index contributed by atoms with van der Waals surface area (Å²) in [6.07, 6.45) is -0.117. The van der Waals surface area contributed by atoms with Crippen LogP contribution in [0.15, 0.2) is 60.7 Å². The van der Waals surface area contributed by atoms with E-state index in [1.165, 1.54) is 5.56 Å². The van der Waals surface area contributed by atoms with E-state index in [0.717, 1.165) is 27.8 Å². The highest BCUT2D eigenvalue weighted by atomic mass is 16.8. The number of aliphatic carboxylic acids is 1. The molecule has 176 valence electrons. The summed E-state index contributed by atoms with van der Waals surface area (Å²) in [6, 6.07) is 18.9. The van der Waals surface area contributed by atoms with E-state index in [2.05, 4.69) is 13.0 Å². The summed E-state index contributed by atoms with van der Waals surface area (Å²) in [5.74, 6) is -0.240. The van der Waals surface area contributed by atoms with Crippen molar-refractivity contribution in [3.63, 3.8) is 0 Å². The molecule has 0 amide bonds. The van der Waals surface area contributed by atoms with Gasteiger partial charge in [0.2, 0.25) is 0 Å². The molecular weight excluding hydrogens is 434 g/mol. The van der Waals surface area contributed by atoms with Crippen molar-refractivity contribution in [2.24, 2.45) is 0 Å². The molecule has 34 heavy (non-hydrogen) atoms. The lowest BCUT2D eigenvalue weighted by molar-refractivity contribution is -0.139. The molecule has 0 radical (unpaired) electrons. The Morgan fingerprint density at radius 2 is 1.76 bits per heavy atom. The molecule has 7 nitrogen and oxygen atoms in total. The number of benzene rings is 3. The zero-order valence-corrected chi connectivity index (χ0v) is 19.2. The Bertz CT molecular complexity index is 1190. The summed E-state index contributed by atoms with van der Waals surface area (Å²) in [5, 5.41) is 10.8. The summed E-state index contributed by atoms with van der Waals surface area (Å²) in [5.41, 5.74) is 6.68. The van der Waals surface area contributed by atoms with Gasteiger partial charge in [-0.05, 0) is 58.9 Å². The zero-order chi connectivity index (χ0) is 24.1. The number of carbonyl (C=O) groups excluding carboxylic acids is 1. The molecule has 0 spiro atoms. The second-order valence-corrected chi connectivity index (χ2v) is 8.22. The molecule has 0 fully saturated rings. The maximum Gasteiger partial charge on any atom is 0.528 e. The van der Waals surface area contributed by atoms with Crippen LogP contribution in [0, 0.1) is 6.92 Å². The second kappa shape index (κ2) is 10.4. The Kier molecular flexibility index (Phi) is 7.13. The fourth-order valence-electron chi connectivity index (χ4n) is 4.26. The van der Waals surface area contributed by atoms with Crippen LogP contribution in [-0.2, 0) is 40.4 Å². The molecule has 0 aliphatic carbocycles. The van der Waals surface area contributed by atoms with Gasteiger partial charge in [0, 0.05) is 12.1 Å². The molecule has 1 aliphatic rings. The Morgan fingerprint density at radius 3 is 2.50 bits per heavy atom. The van der Waals surface area contributed by atoms with Crippen LogP contribution in [0.2, 0.25) is 0 Å². The van der Waals surface area contributed by atoms with Crippen LogP contribution in [0.4, 0.5) is 4.79 Å². The topological polar surface area (TPSA) is 85.3 Å². The summed E-state index contributed by atoms with van der Waals surface area (Å²) in [7, 11) is 1.59. The van der Waals surface area contributed by atoms with Gasteiger partial charge in [-0.15, -0.1) is 5.06 Å². The maximum absolute atomic E-state index is 12.3. The van der Waals surface area contributed by atoms with Crippen molar-refractivity contribution < 1.29 is 29.0 Å². The lowest BCUT2D eigenvalue weighted by Crippen LogP contribution is -2.34. The molecule has 4 rings (SSSR count). The average Bonchev–Trinajstić information content (AvgIpc) is 2.83. The highest BCUT2D eigenvalue weighted by Gasteiger charge is 2.25. The molecular formula is C27H27NO6. The summed E-state index contributed by atoms with van der Waals surface area (Å²) in [4.78, 5) is 29.0. The van der Waals surface area contributed by atoms with E-state index < -0.39 is 12.1 Å². The van der Waals surface area contributed by atoms with Gasteiger partial charge in [-0.2, -0.15) is 0 Å². The molecule has 0 saturated carbocycles. The highest BCUT2D eigenvalue weighted by Crippen LogP contribution is 2.38. The van der Waals surface area contributed by atoms with Crippen molar-refractivity contribution in [3.8, 4) is 16.9 Å². The van der Waals surface area contributed by atoms with E-state index in [0.29, 0.717) is 30.8 Å². The molecule has 3 aromatic rings. The standard InChI is InChI=1S/C27H27NO6/c1-18-8-10-22(23-14-20(15-26(29)30)9-11-25(23)32-2)24-16-28(13-12-21(18)24)34-27(31)33-17-19-6-4-3-5-7-19/h3-11,14H,12-13,15-17H2,1-2H3,(H,29,30). The summed E-state index contributed by atoms with van der Waals surface area (Å²) < 4.78 is 10.8. The summed E-state index contributed by atoms with van der Waals surface area (Å²) >= 11 is 0. The molecule has 0 bridgehead atoms. The van der Waals surface area contributed by atoms with Crippen LogP contribution in [0.5, 0.6) is 5.75 Å². The molecule has 1 heterocycles. The Balaban J connectivity index is 1.56. The van der Waals surface area contributed by atoms with Crippen molar-refractivity contribution in [3.05, 3.63) is 88.5 Å². The molecule has 1 aliphatic heterocycles.